The van der Waals surface area contributed by atoms with Crippen molar-refractivity contribution < 1.29 is 9.18 Å². The highest BCUT2D eigenvalue weighted by Crippen LogP contribution is 2.27. The minimum absolute atomic E-state index is 0.0455. The Morgan fingerprint density at radius 2 is 1.96 bits per heavy atom. The van der Waals surface area contributed by atoms with E-state index in [4.69, 9.17) is 5.73 Å². The molecule has 10 heteroatoms. The number of hydrogen-bond donors (Lipinski definition) is 2. The molecule has 0 aromatic carbocycles. The number of halogens is 1. The van der Waals surface area contributed by atoms with Gasteiger partial charge in [0.2, 0.25) is 0 Å². The van der Waals surface area contributed by atoms with Crippen molar-refractivity contribution >= 4 is 23.1 Å². The fourth-order valence-corrected chi connectivity index (χ4v) is 2.52. The molecule has 0 aliphatic heterocycles. The van der Waals surface area contributed by atoms with E-state index in [0.717, 1.165) is 16.9 Å². The molecule has 26 heavy (non-hydrogen) atoms. The van der Waals surface area contributed by atoms with E-state index >= 15 is 0 Å². The molecule has 9 nitrogen and oxygen atoms in total. The monoisotopic (exact) mass is 350 g/mol. The van der Waals surface area contributed by atoms with Gasteiger partial charge in [0.15, 0.2) is 17.3 Å². The van der Waals surface area contributed by atoms with Crippen LogP contribution in [0, 0.1) is 5.82 Å². The molecule has 1 amide bonds. The summed E-state index contributed by atoms with van der Waals surface area (Å²) >= 11 is 0. The minimum Gasteiger partial charge on any atom is -0.381 e. The number of pyridine rings is 1. The Kier molecular flexibility index (Phi) is 3.69. The molecule has 0 radical (unpaired) electrons. The number of fused-ring (bicyclic) bond motifs is 1. The summed E-state index contributed by atoms with van der Waals surface area (Å²) in [4.78, 5) is 28.6. The van der Waals surface area contributed by atoms with E-state index in [1.165, 1.54) is 12.5 Å². The van der Waals surface area contributed by atoms with Crippen LogP contribution >= 0.6 is 0 Å². The van der Waals surface area contributed by atoms with Gasteiger partial charge in [0, 0.05) is 29.7 Å². The average Bonchev–Trinajstić information content (AvgIpc) is 2.97. The third-order valence-corrected chi connectivity index (χ3v) is 3.64. The van der Waals surface area contributed by atoms with E-state index in [9.17, 15) is 9.18 Å². The molecule has 4 heterocycles. The second-order valence-electron chi connectivity index (χ2n) is 5.30. The molecule has 0 saturated carbocycles. The highest BCUT2D eigenvalue weighted by molar-refractivity contribution is 6.12. The molecule has 4 aromatic rings. The summed E-state index contributed by atoms with van der Waals surface area (Å²) in [6.07, 6.45) is 9.81. The number of rotatable bonds is 3. The van der Waals surface area contributed by atoms with Gasteiger partial charge in [0.1, 0.15) is 11.9 Å². The lowest BCUT2D eigenvalue weighted by Crippen LogP contribution is -2.14. The molecule has 0 fully saturated rings. The zero-order valence-electron chi connectivity index (χ0n) is 13.2. The van der Waals surface area contributed by atoms with Crippen molar-refractivity contribution in [1.82, 2.24) is 29.5 Å². The lowest BCUT2D eigenvalue weighted by atomic mass is 10.1. The van der Waals surface area contributed by atoms with Crippen molar-refractivity contribution in [2.24, 2.45) is 0 Å². The Hall–Kier alpha value is -3.95. The maximum atomic E-state index is 13.3. The first-order valence-corrected chi connectivity index (χ1v) is 7.43. The van der Waals surface area contributed by atoms with E-state index in [1.54, 1.807) is 24.7 Å². The number of nitrogens with two attached hydrogens (primary N) is 1. The van der Waals surface area contributed by atoms with Gasteiger partial charge in [0.25, 0.3) is 5.91 Å². The summed E-state index contributed by atoms with van der Waals surface area (Å²) in [5.74, 6) is -1.19. The molecule has 0 aliphatic rings. The van der Waals surface area contributed by atoms with Crippen LogP contribution in [-0.4, -0.2) is 35.5 Å². The van der Waals surface area contributed by atoms with Gasteiger partial charge >= 0.3 is 0 Å². The van der Waals surface area contributed by atoms with E-state index in [-0.39, 0.29) is 17.0 Å². The number of amides is 1. The zero-order chi connectivity index (χ0) is 18.1. The fourth-order valence-electron chi connectivity index (χ4n) is 2.52. The van der Waals surface area contributed by atoms with Gasteiger partial charge in [-0.15, -0.1) is 5.10 Å². The minimum atomic E-state index is -0.592. The highest BCUT2D eigenvalue weighted by atomic mass is 19.1. The predicted molar refractivity (Wildman–Crippen MR) is 90.6 cm³/mol. The lowest BCUT2D eigenvalue weighted by Gasteiger charge is -2.09. The molecule has 0 saturated heterocycles. The number of anilines is 2. The van der Waals surface area contributed by atoms with Crippen molar-refractivity contribution in [3.63, 3.8) is 0 Å². The lowest BCUT2D eigenvalue weighted by molar-refractivity contribution is 0.102. The molecule has 0 bridgehead atoms. The molecule has 128 valence electrons. The van der Waals surface area contributed by atoms with Crippen LogP contribution in [0.3, 0.4) is 0 Å². The summed E-state index contributed by atoms with van der Waals surface area (Å²) in [5.41, 5.74) is 7.84. The van der Waals surface area contributed by atoms with E-state index in [1.807, 2.05) is 0 Å². The van der Waals surface area contributed by atoms with Crippen molar-refractivity contribution in [3.8, 4) is 11.1 Å². The number of carbonyl (C=O) groups is 1. The third-order valence-electron chi connectivity index (χ3n) is 3.64. The maximum absolute atomic E-state index is 13.3. The molecular formula is C16H11FN8O. The highest BCUT2D eigenvalue weighted by Gasteiger charge is 2.21. The summed E-state index contributed by atoms with van der Waals surface area (Å²) < 4.78 is 14.4. The normalized spacial score (nSPS) is 10.8. The number of hydrogen-bond acceptors (Lipinski definition) is 7. The second-order valence-corrected chi connectivity index (χ2v) is 5.30. The third kappa shape index (κ3) is 2.69. The summed E-state index contributed by atoms with van der Waals surface area (Å²) in [5, 5.41) is 6.65. The average molecular weight is 350 g/mol. The van der Waals surface area contributed by atoms with E-state index in [0.29, 0.717) is 16.8 Å². The first-order valence-electron chi connectivity index (χ1n) is 7.43. The molecule has 0 spiro atoms. The fraction of sp³-hybridized carbons (Fsp3) is 0. The van der Waals surface area contributed by atoms with Gasteiger partial charge in [-0.05, 0) is 6.07 Å². The maximum Gasteiger partial charge on any atom is 0.263 e. The van der Waals surface area contributed by atoms with Crippen LogP contribution in [0.15, 0.2) is 49.6 Å². The molecule has 4 rings (SSSR count). The van der Waals surface area contributed by atoms with Gasteiger partial charge in [-0.3, -0.25) is 9.78 Å². The molecule has 4 aromatic heterocycles. The standard InChI is InChI=1S/C16H11FN8O/c17-10-5-22-15-13(14(18)24-25(15)7-10)16(26)23-12-6-19-2-1-11(12)9-3-20-8-21-4-9/h1-8H,(H2,18,24)(H,23,26). The van der Waals surface area contributed by atoms with Gasteiger partial charge in [0.05, 0.1) is 24.3 Å². The first-order chi connectivity index (χ1) is 12.6. The number of carbonyl (C=O) groups excluding carboxylic acids is 1. The van der Waals surface area contributed by atoms with E-state index < -0.39 is 11.7 Å². The van der Waals surface area contributed by atoms with Crippen LogP contribution in [-0.2, 0) is 0 Å². The van der Waals surface area contributed by atoms with Crippen LogP contribution < -0.4 is 11.1 Å². The summed E-state index contributed by atoms with van der Waals surface area (Å²) in [6, 6.07) is 1.72. The largest absolute Gasteiger partial charge is 0.381 e. The number of nitrogen functional groups attached to an aromatic ring is 1. The molecule has 0 aliphatic carbocycles. The predicted octanol–water partition coefficient (Wildman–Crippen LogP) is 1.55. The smallest absolute Gasteiger partial charge is 0.263 e. The number of aromatic nitrogens is 6. The van der Waals surface area contributed by atoms with Crippen LogP contribution in [0.2, 0.25) is 0 Å². The van der Waals surface area contributed by atoms with Crippen LogP contribution in [0.5, 0.6) is 0 Å². The molecular weight excluding hydrogens is 339 g/mol. The number of nitrogens with one attached hydrogen (secondary N) is 1. The number of nitrogens with zero attached hydrogens (tertiary/aromatic N) is 6. The van der Waals surface area contributed by atoms with Gasteiger partial charge < -0.3 is 11.1 Å². The Balaban J connectivity index is 1.74. The first kappa shape index (κ1) is 15.6. The Bertz CT molecular complexity index is 1110. The van der Waals surface area contributed by atoms with Crippen molar-refractivity contribution in [3.05, 3.63) is 61.0 Å². The SMILES string of the molecule is Nc1nn2cc(F)cnc2c1C(=O)Nc1cnccc1-c1cncnc1. The van der Waals surface area contributed by atoms with Crippen molar-refractivity contribution in [2.75, 3.05) is 11.1 Å². The van der Waals surface area contributed by atoms with Crippen molar-refractivity contribution in [1.29, 1.82) is 0 Å². The van der Waals surface area contributed by atoms with Crippen molar-refractivity contribution in [2.45, 2.75) is 0 Å². The van der Waals surface area contributed by atoms with Crippen LogP contribution in [0.25, 0.3) is 16.8 Å². The zero-order valence-corrected chi connectivity index (χ0v) is 13.2. The van der Waals surface area contributed by atoms with Crippen LogP contribution in [0.1, 0.15) is 10.4 Å². The second kappa shape index (κ2) is 6.16. The van der Waals surface area contributed by atoms with E-state index in [2.05, 4.69) is 30.4 Å². The molecule has 3 N–H and O–H groups in total. The Morgan fingerprint density at radius 1 is 1.15 bits per heavy atom. The molecule has 0 atom stereocenters. The summed E-state index contributed by atoms with van der Waals surface area (Å²) in [6.45, 7) is 0. The van der Waals surface area contributed by atoms with Gasteiger partial charge in [-0.2, -0.15) is 0 Å². The summed E-state index contributed by atoms with van der Waals surface area (Å²) in [7, 11) is 0. The quantitative estimate of drug-likeness (QED) is 0.574. The molecule has 0 unspecified atom stereocenters. The topological polar surface area (TPSA) is 124 Å². The van der Waals surface area contributed by atoms with Gasteiger partial charge in [-0.1, -0.05) is 0 Å². The van der Waals surface area contributed by atoms with Gasteiger partial charge in [-0.25, -0.2) is 23.9 Å². The Labute approximate surface area is 145 Å². The van der Waals surface area contributed by atoms with Crippen LogP contribution in [0.4, 0.5) is 15.9 Å². The Morgan fingerprint density at radius 3 is 2.77 bits per heavy atom.